The summed E-state index contributed by atoms with van der Waals surface area (Å²) in [5.74, 6) is 0.0613. The Bertz CT molecular complexity index is 595. The van der Waals surface area contributed by atoms with E-state index >= 15 is 0 Å². The molecule has 0 unspecified atom stereocenters. The van der Waals surface area contributed by atoms with Crippen LogP contribution in [0.15, 0.2) is 22.7 Å². The number of benzene rings is 1. The molecule has 132 valence electrons. The predicted octanol–water partition coefficient (Wildman–Crippen LogP) is 3.38. The summed E-state index contributed by atoms with van der Waals surface area (Å²) in [7, 11) is 0. The van der Waals surface area contributed by atoms with Crippen LogP contribution in [0.2, 0.25) is 0 Å². The van der Waals surface area contributed by atoms with E-state index in [1.165, 1.54) is 0 Å². The number of aliphatic carboxylic acids is 1. The number of carboxylic acid groups (broad SMARTS) is 1. The van der Waals surface area contributed by atoms with Gasteiger partial charge in [-0.1, -0.05) is 13.8 Å². The zero-order valence-electron chi connectivity index (χ0n) is 14.1. The number of nitrogens with zero attached hydrogens (tertiary/aromatic N) is 1. The average Bonchev–Trinajstić information content (AvgIpc) is 2.55. The van der Waals surface area contributed by atoms with Crippen molar-refractivity contribution in [3.05, 3.63) is 33.8 Å². The van der Waals surface area contributed by atoms with E-state index in [1.807, 2.05) is 12.1 Å². The quantitative estimate of drug-likeness (QED) is 0.714. The van der Waals surface area contributed by atoms with Gasteiger partial charge in [-0.05, 0) is 45.6 Å². The Hall–Kier alpha value is -1.37. The summed E-state index contributed by atoms with van der Waals surface area (Å²) in [4.78, 5) is 13.1. The molecule has 6 heteroatoms. The number of carbonyl (C=O) groups is 1. The molecule has 2 rings (SSSR count). The van der Waals surface area contributed by atoms with Gasteiger partial charge in [0, 0.05) is 31.3 Å². The molecule has 5 nitrogen and oxygen atoms in total. The first-order chi connectivity index (χ1) is 11.5. The molecule has 24 heavy (non-hydrogen) atoms. The summed E-state index contributed by atoms with van der Waals surface area (Å²) in [5.41, 5.74) is 1.91. The molecular formula is C18H24BrNO4. The zero-order valence-corrected chi connectivity index (χ0v) is 15.7. The van der Waals surface area contributed by atoms with Crippen LogP contribution in [0.5, 0.6) is 5.75 Å². The molecule has 0 spiro atoms. The first-order valence-electron chi connectivity index (χ1n) is 8.14. The van der Waals surface area contributed by atoms with Crippen molar-refractivity contribution in [1.29, 1.82) is 0 Å². The Balaban J connectivity index is 2.12. The average molecular weight is 398 g/mol. The third-order valence-corrected chi connectivity index (χ3v) is 4.51. The molecule has 0 radical (unpaired) electrons. The molecule has 0 amide bonds. The first kappa shape index (κ1) is 19.0. The molecule has 0 aromatic heterocycles. The van der Waals surface area contributed by atoms with Gasteiger partial charge in [0.15, 0.2) is 0 Å². The molecule has 0 aliphatic carbocycles. The number of hydrogen-bond acceptors (Lipinski definition) is 4. The molecule has 1 aromatic rings. The van der Waals surface area contributed by atoms with Crippen LogP contribution >= 0.6 is 15.9 Å². The Labute approximate surface area is 151 Å². The smallest absolute Gasteiger partial charge is 0.328 e. The summed E-state index contributed by atoms with van der Waals surface area (Å²) >= 11 is 3.56. The summed E-state index contributed by atoms with van der Waals surface area (Å²) < 4.78 is 12.1. The van der Waals surface area contributed by atoms with Crippen LogP contribution in [0, 0.1) is 0 Å². The summed E-state index contributed by atoms with van der Waals surface area (Å²) in [6, 6.07) is 4.02. The van der Waals surface area contributed by atoms with Gasteiger partial charge >= 0.3 is 5.97 Å². The number of ether oxygens (including phenoxy) is 2. The fourth-order valence-electron chi connectivity index (χ4n) is 2.51. The minimum Gasteiger partial charge on any atom is -0.490 e. The monoisotopic (exact) mass is 397 g/mol. The SMILES string of the molecule is CC(C)c1cc(Br)c(OCCN2CCOCC2)c(/C=C/C(=O)O)c1. The van der Waals surface area contributed by atoms with Crippen LogP contribution in [0.25, 0.3) is 6.08 Å². The van der Waals surface area contributed by atoms with Crippen LogP contribution in [-0.4, -0.2) is 55.4 Å². The van der Waals surface area contributed by atoms with Crippen molar-refractivity contribution in [3.8, 4) is 5.75 Å². The molecule has 1 aliphatic rings. The molecule has 1 fully saturated rings. The highest BCUT2D eigenvalue weighted by molar-refractivity contribution is 9.10. The van der Waals surface area contributed by atoms with Gasteiger partial charge in [-0.2, -0.15) is 0 Å². The van der Waals surface area contributed by atoms with Gasteiger partial charge in [-0.3, -0.25) is 4.90 Å². The third kappa shape index (κ3) is 5.61. The maximum Gasteiger partial charge on any atom is 0.328 e. The highest BCUT2D eigenvalue weighted by Gasteiger charge is 2.14. The van der Waals surface area contributed by atoms with Crippen molar-refractivity contribution in [2.45, 2.75) is 19.8 Å². The highest BCUT2D eigenvalue weighted by atomic mass is 79.9. The van der Waals surface area contributed by atoms with Crippen LogP contribution < -0.4 is 4.74 Å². The van der Waals surface area contributed by atoms with Crippen molar-refractivity contribution in [2.24, 2.45) is 0 Å². The predicted molar refractivity (Wildman–Crippen MR) is 97.7 cm³/mol. The van der Waals surface area contributed by atoms with Crippen molar-refractivity contribution in [3.63, 3.8) is 0 Å². The van der Waals surface area contributed by atoms with Gasteiger partial charge in [-0.25, -0.2) is 4.79 Å². The van der Waals surface area contributed by atoms with Crippen molar-refractivity contribution in [2.75, 3.05) is 39.5 Å². The maximum atomic E-state index is 10.9. The Kier molecular flexibility index (Phi) is 7.27. The van der Waals surface area contributed by atoms with E-state index in [0.29, 0.717) is 18.3 Å². The number of carboxylic acids is 1. The van der Waals surface area contributed by atoms with Crippen LogP contribution in [0.3, 0.4) is 0 Å². The fraction of sp³-hybridized carbons (Fsp3) is 0.500. The molecule has 0 saturated carbocycles. The van der Waals surface area contributed by atoms with Crippen LogP contribution in [0.1, 0.15) is 30.9 Å². The summed E-state index contributed by atoms with van der Waals surface area (Å²) in [5, 5.41) is 8.90. The number of rotatable bonds is 7. The lowest BCUT2D eigenvalue weighted by Gasteiger charge is -2.26. The second-order valence-electron chi connectivity index (χ2n) is 6.05. The minimum absolute atomic E-state index is 0.348. The first-order valence-corrected chi connectivity index (χ1v) is 8.94. The molecule has 1 saturated heterocycles. The second-order valence-corrected chi connectivity index (χ2v) is 6.90. The molecule has 1 N–H and O–H groups in total. The Morgan fingerprint density at radius 1 is 1.42 bits per heavy atom. The van der Waals surface area contributed by atoms with Gasteiger partial charge in [0.25, 0.3) is 0 Å². The van der Waals surface area contributed by atoms with Gasteiger partial charge in [0.2, 0.25) is 0 Å². The lowest BCUT2D eigenvalue weighted by atomic mass is 10.00. The van der Waals surface area contributed by atoms with E-state index in [0.717, 1.165) is 54.5 Å². The Morgan fingerprint density at radius 3 is 2.75 bits per heavy atom. The standard InChI is InChI=1S/C18H24BrNO4/c1-13(2)15-11-14(3-4-17(21)22)18(16(19)12-15)24-10-7-20-5-8-23-9-6-20/h3-4,11-13H,5-10H2,1-2H3,(H,21,22)/b4-3+. The number of hydrogen-bond donors (Lipinski definition) is 1. The van der Waals surface area contributed by atoms with Crippen molar-refractivity contribution < 1.29 is 19.4 Å². The van der Waals surface area contributed by atoms with E-state index in [9.17, 15) is 4.79 Å². The zero-order chi connectivity index (χ0) is 17.5. The van der Waals surface area contributed by atoms with Crippen molar-refractivity contribution >= 4 is 28.0 Å². The van der Waals surface area contributed by atoms with Gasteiger partial charge in [0.05, 0.1) is 17.7 Å². The lowest BCUT2D eigenvalue weighted by Crippen LogP contribution is -2.38. The number of morpholine rings is 1. The lowest BCUT2D eigenvalue weighted by molar-refractivity contribution is -0.131. The molecule has 1 heterocycles. The third-order valence-electron chi connectivity index (χ3n) is 3.92. The maximum absolute atomic E-state index is 10.9. The fourth-order valence-corrected chi connectivity index (χ4v) is 3.12. The summed E-state index contributed by atoms with van der Waals surface area (Å²) in [6.45, 7) is 8.94. The largest absolute Gasteiger partial charge is 0.490 e. The second kappa shape index (κ2) is 9.20. The molecule has 0 atom stereocenters. The molecule has 0 bridgehead atoms. The van der Waals surface area contributed by atoms with E-state index in [4.69, 9.17) is 14.6 Å². The van der Waals surface area contributed by atoms with Gasteiger partial charge in [-0.15, -0.1) is 0 Å². The molecular weight excluding hydrogens is 374 g/mol. The van der Waals surface area contributed by atoms with Crippen LogP contribution in [0.4, 0.5) is 0 Å². The van der Waals surface area contributed by atoms with Gasteiger partial charge < -0.3 is 14.6 Å². The van der Waals surface area contributed by atoms with Gasteiger partial charge in [0.1, 0.15) is 12.4 Å². The normalized spacial score (nSPS) is 16.0. The van der Waals surface area contributed by atoms with Crippen molar-refractivity contribution in [1.82, 2.24) is 4.90 Å². The Morgan fingerprint density at radius 2 is 2.12 bits per heavy atom. The van der Waals surface area contributed by atoms with E-state index < -0.39 is 5.97 Å². The molecule has 1 aromatic carbocycles. The molecule has 1 aliphatic heterocycles. The van der Waals surface area contributed by atoms with E-state index in [-0.39, 0.29) is 0 Å². The summed E-state index contributed by atoms with van der Waals surface area (Å²) in [6.07, 6.45) is 2.73. The van der Waals surface area contributed by atoms with Crippen LogP contribution in [-0.2, 0) is 9.53 Å². The van der Waals surface area contributed by atoms with E-state index in [2.05, 4.69) is 34.7 Å². The number of halogens is 1. The highest BCUT2D eigenvalue weighted by Crippen LogP contribution is 2.34. The topological polar surface area (TPSA) is 59.0 Å². The minimum atomic E-state index is -0.972. The van der Waals surface area contributed by atoms with E-state index in [1.54, 1.807) is 6.08 Å².